The zero-order valence-corrected chi connectivity index (χ0v) is 9.54. The van der Waals surface area contributed by atoms with Crippen molar-refractivity contribution in [3.8, 4) is 10.6 Å². The summed E-state index contributed by atoms with van der Waals surface area (Å²) in [7, 11) is 0. The molecule has 3 rings (SSSR count). The van der Waals surface area contributed by atoms with Crippen LogP contribution in [0.5, 0.6) is 0 Å². The van der Waals surface area contributed by atoms with Gasteiger partial charge in [-0.2, -0.15) is 0 Å². The first-order valence-corrected chi connectivity index (χ1v) is 5.83. The molecule has 0 fully saturated rings. The second kappa shape index (κ2) is 3.79. The lowest BCUT2D eigenvalue weighted by atomic mass is 10.2. The van der Waals surface area contributed by atoms with E-state index >= 15 is 0 Å². The van der Waals surface area contributed by atoms with Gasteiger partial charge in [-0.25, -0.2) is 4.79 Å². The summed E-state index contributed by atoms with van der Waals surface area (Å²) >= 11 is 1.45. The van der Waals surface area contributed by atoms with E-state index < -0.39 is 0 Å². The van der Waals surface area contributed by atoms with Crippen LogP contribution in [0.15, 0.2) is 23.0 Å². The molecule has 6 nitrogen and oxygen atoms in total. The number of aromatic nitrogens is 4. The van der Waals surface area contributed by atoms with Gasteiger partial charge in [0, 0.05) is 12.1 Å². The maximum absolute atomic E-state index is 11.1. The van der Waals surface area contributed by atoms with E-state index in [9.17, 15) is 4.79 Å². The molecule has 0 amide bonds. The van der Waals surface area contributed by atoms with Gasteiger partial charge >= 0.3 is 5.69 Å². The molecule has 0 bridgehead atoms. The van der Waals surface area contributed by atoms with Gasteiger partial charge in [0.25, 0.3) is 0 Å². The van der Waals surface area contributed by atoms with Crippen molar-refractivity contribution in [3.05, 3.63) is 33.7 Å². The molecule has 1 aromatic carbocycles. The number of nitrogens with zero attached hydrogens (tertiary/aromatic N) is 2. The predicted molar refractivity (Wildman–Crippen MR) is 65.7 cm³/mol. The molecule has 86 valence electrons. The molecule has 0 aliphatic rings. The molecule has 2 aromatic heterocycles. The quantitative estimate of drug-likeness (QED) is 0.624. The number of benzene rings is 1. The molecule has 17 heavy (non-hydrogen) atoms. The Morgan fingerprint density at radius 3 is 2.82 bits per heavy atom. The molecule has 4 N–H and O–H groups in total. The summed E-state index contributed by atoms with van der Waals surface area (Å²) in [6.07, 6.45) is 0. The van der Waals surface area contributed by atoms with Crippen LogP contribution >= 0.6 is 11.3 Å². The number of H-pyrrole nitrogens is 2. The van der Waals surface area contributed by atoms with Crippen LogP contribution in [0.3, 0.4) is 0 Å². The summed E-state index contributed by atoms with van der Waals surface area (Å²) in [6, 6.07) is 5.60. The van der Waals surface area contributed by atoms with Crippen LogP contribution in [0.4, 0.5) is 0 Å². The topological polar surface area (TPSA) is 100 Å². The van der Waals surface area contributed by atoms with Crippen LogP contribution in [0.25, 0.3) is 21.6 Å². The standard InChI is InChI=1S/C10H9N5OS/c11-4-8-14-15-9(17-8)5-1-2-6-7(3-5)13-10(16)12-6/h1-3H,4,11H2,(H2,12,13,16). The van der Waals surface area contributed by atoms with E-state index in [-0.39, 0.29) is 5.69 Å². The number of aromatic amines is 2. The van der Waals surface area contributed by atoms with Gasteiger partial charge in [-0.15, -0.1) is 10.2 Å². The van der Waals surface area contributed by atoms with Crippen molar-refractivity contribution >= 4 is 22.4 Å². The van der Waals surface area contributed by atoms with Crippen molar-refractivity contribution in [3.63, 3.8) is 0 Å². The van der Waals surface area contributed by atoms with E-state index in [1.54, 1.807) is 0 Å². The van der Waals surface area contributed by atoms with E-state index in [4.69, 9.17) is 5.73 Å². The first kappa shape index (κ1) is 10.2. The minimum atomic E-state index is -0.211. The summed E-state index contributed by atoms with van der Waals surface area (Å²) in [6.45, 7) is 0.390. The average molecular weight is 247 g/mol. The SMILES string of the molecule is NCc1nnc(-c2ccc3[nH]c(=O)[nH]c3c2)s1. The molecule has 0 radical (unpaired) electrons. The third-order valence-electron chi connectivity index (χ3n) is 2.40. The minimum Gasteiger partial charge on any atom is -0.324 e. The Balaban J connectivity index is 2.13. The lowest BCUT2D eigenvalue weighted by Crippen LogP contribution is -1.99. The first-order chi connectivity index (χ1) is 8.26. The van der Waals surface area contributed by atoms with Gasteiger partial charge in [0.1, 0.15) is 10.0 Å². The fraction of sp³-hybridized carbons (Fsp3) is 0.100. The van der Waals surface area contributed by atoms with Crippen LogP contribution < -0.4 is 11.4 Å². The normalized spacial score (nSPS) is 11.1. The third-order valence-corrected chi connectivity index (χ3v) is 3.40. The van der Waals surface area contributed by atoms with Crippen LogP contribution in [0, 0.1) is 0 Å². The number of imidazole rings is 1. The van der Waals surface area contributed by atoms with Crippen molar-refractivity contribution < 1.29 is 0 Å². The molecule has 0 saturated carbocycles. The number of fused-ring (bicyclic) bond motifs is 1. The third kappa shape index (κ3) is 1.75. The van der Waals surface area contributed by atoms with E-state index in [1.165, 1.54) is 11.3 Å². The Bertz CT molecular complexity index is 725. The Kier molecular flexibility index (Phi) is 2.27. The van der Waals surface area contributed by atoms with E-state index in [0.717, 1.165) is 26.6 Å². The largest absolute Gasteiger partial charge is 0.324 e. The van der Waals surface area contributed by atoms with Gasteiger partial charge in [0.15, 0.2) is 0 Å². The second-order valence-electron chi connectivity index (χ2n) is 3.54. The highest BCUT2D eigenvalue weighted by atomic mass is 32.1. The maximum Gasteiger partial charge on any atom is 0.323 e. The molecule has 0 atom stereocenters. The molecule has 0 saturated heterocycles. The van der Waals surface area contributed by atoms with Gasteiger partial charge in [0.2, 0.25) is 0 Å². The van der Waals surface area contributed by atoms with Crippen molar-refractivity contribution in [2.75, 3.05) is 0 Å². The predicted octanol–water partition coefficient (Wildman–Crippen LogP) is 0.833. The zero-order chi connectivity index (χ0) is 11.8. The summed E-state index contributed by atoms with van der Waals surface area (Å²) < 4.78 is 0. The Labute approximate surface area is 99.5 Å². The molecule has 0 aliphatic carbocycles. The summed E-state index contributed by atoms with van der Waals surface area (Å²) in [5.41, 5.74) is 7.74. The molecule has 0 spiro atoms. The van der Waals surface area contributed by atoms with Crippen LogP contribution in [0.1, 0.15) is 5.01 Å². The van der Waals surface area contributed by atoms with Crippen molar-refractivity contribution in [1.82, 2.24) is 20.2 Å². The number of nitrogens with one attached hydrogen (secondary N) is 2. The second-order valence-corrected chi connectivity index (χ2v) is 4.61. The molecule has 0 unspecified atom stereocenters. The number of hydrogen-bond donors (Lipinski definition) is 3. The summed E-state index contributed by atoms with van der Waals surface area (Å²) in [5, 5.41) is 9.61. The van der Waals surface area contributed by atoms with Crippen molar-refractivity contribution in [2.24, 2.45) is 5.73 Å². The molecule has 2 heterocycles. The lowest BCUT2D eigenvalue weighted by molar-refractivity contribution is 0.960. The highest BCUT2D eigenvalue weighted by molar-refractivity contribution is 7.14. The Hall–Kier alpha value is -1.99. The highest BCUT2D eigenvalue weighted by Crippen LogP contribution is 2.25. The van der Waals surface area contributed by atoms with Gasteiger partial charge in [-0.3, -0.25) is 0 Å². The molecular formula is C10H9N5OS. The Morgan fingerprint density at radius 1 is 1.24 bits per heavy atom. The van der Waals surface area contributed by atoms with Crippen molar-refractivity contribution in [2.45, 2.75) is 6.54 Å². The van der Waals surface area contributed by atoms with Crippen molar-refractivity contribution in [1.29, 1.82) is 0 Å². The Morgan fingerprint density at radius 2 is 2.06 bits per heavy atom. The fourth-order valence-corrected chi connectivity index (χ4v) is 2.33. The van der Waals surface area contributed by atoms with E-state index in [0.29, 0.717) is 6.54 Å². The van der Waals surface area contributed by atoms with Crippen LogP contribution in [0.2, 0.25) is 0 Å². The van der Waals surface area contributed by atoms with Crippen LogP contribution in [-0.4, -0.2) is 20.2 Å². The van der Waals surface area contributed by atoms with Gasteiger partial charge < -0.3 is 15.7 Å². The smallest absolute Gasteiger partial charge is 0.323 e. The average Bonchev–Trinajstić information content (AvgIpc) is 2.92. The highest BCUT2D eigenvalue weighted by Gasteiger charge is 2.07. The summed E-state index contributed by atoms with van der Waals surface area (Å²) in [5.74, 6) is 0. The van der Waals surface area contributed by atoms with Crippen LogP contribution in [-0.2, 0) is 6.54 Å². The monoisotopic (exact) mass is 247 g/mol. The molecule has 0 aliphatic heterocycles. The number of nitrogens with two attached hydrogens (primary N) is 1. The van der Waals surface area contributed by atoms with E-state index in [2.05, 4.69) is 20.2 Å². The number of hydrogen-bond acceptors (Lipinski definition) is 5. The first-order valence-electron chi connectivity index (χ1n) is 5.01. The zero-order valence-electron chi connectivity index (χ0n) is 8.73. The minimum absolute atomic E-state index is 0.211. The van der Waals surface area contributed by atoms with Gasteiger partial charge in [-0.1, -0.05) is 11.3 Å². The van der Waals surface area contributed by atoms with Gasteiger partial charge in [0.05, 0.1) is 11.0 Å². The molecular weight excluding hydrogens is 238 g/mol. The maximum atomic E-state index is 11.1. The summed E-state index contributed by atoms with van der Waals surface area (Å²) in [4.78, 5) is 16.5. The molecule has 3 aromatic rings. The number of rotatable bonds is 2. The van der Waals surface area contributed by atoms with Gasteiger partial charge in [-0.05, 0) is 18.2 Å². The van der Waals surface area contributed by atoms with E-state index in [1.807, 2.05) is 18.2 Å². The molecule has 7 heteroatoms. The fourth-order valence-electron chi connectivity index (χ4n) is 1.62. The lowest BCUT2D eigenvalue weighted by Gasteiger charge is -1.94.